The predicted octanol–water partition coefficient (Wildman–Crippen LogP) is 3.28. The first kappa shape index (κ1) is 13.5. The van der Waals surface area contributed by atoms with Crippen molar-refractivity contribution >= 4 is 22.9 Å². The van der Waals surface area contributed by atoms with Crippen molar-refractivity contribution in [2.24, 2.45) is 5.73 Å². The van der Waals surface area contributed by atoms with E-state index < -0.39 is 0 Å². The minimum Gasteiger partial charge on any atom is -0.388 e. The van der Waals surface area contributed by atoms with Crippen LogP contribution in [0.1, 0.15) is 30.6 Å². The maximum absolute atomic E-state index is 5.53. The zero-order chi connectivity index (χ0) is 13.7. The van der Waals surface area contributed by atoms with Crippen LogP contribution in [-0.4, -0.2) is 9.97 Å². The number of rotatable bonds is 5. The summed E-state index contributed by atoms with van der Waals surface area (Å²) in [6, 6.07) is 14.4. The van der Waals surface area contributed by atoms with Gasteiger partial charge in [0.25, 0.3) is 0 Å². The summed E-state index contributed by atoms with van der Waals surface area (Å²) in [5.74, 6) is 0. The Morgan fingerprint density at radius 1 is 1.26 bits per heavy atom. The minimum atomic E-state index is 0.277. The first-order chi connectivity index (χ1) is 9.20. The number of hydrogen-bond donors (Lipinski definition) is 2. The molecule has 0 saturated heterocycles. The van der Waals surface area contributed by atoms with Crippen molar-refractivity contribution in [3.63, 3.8) is 0 Å². The Morgan fingerprint density at radius 2 is 2.00 bits per heavy atom. The van der Waals surface area contributed by atoms with Gasteiger partial charge in [0, 0.05) is 0 Å². The molecular formula is C15H17N3S. The quantitative estimate of drug-likeness (QED) is 0.819. The molecule has 0 amide bonds. The van der Waals surface area contributed by atoms with Gasteiger partial charge in [-0.15, -0.1) is 0 Å². The van der Waals surface area contributed by atoms with Crippen LogP contribution in [0.25, 0.3) is 0 Å². The molecule has 0 aliphatic heterocycles. The molecule has 1 unspecified atom stereocenters. The van der Waals surface area contributed by atoms with E-state index in [0.717, 1.165) is 12.1 Å². The Hall–Kier alpha value is -1.94. The predicted molar refractivity (Wildman–Crippen MR) is 83.2 cm³/mol. The summed E-state index contributed by atoms with van der Waals surface area (Å²) in [5.41, 5.74) is 8.41. The molecule has 0 aliphatic rings. The molecule has 0 radical (unpaired) electrons. The fraction of sp³-hybridized carbons (Fsp3) is 0.200. The van der Waals surface area contributed by atoms with Gasteiger partial charge < -0.3 is 11.1 Å². The highest BCUT2D eigenvalue weighted by molar-refractivity contribution is 7.80. The van der Waals surface area contributed by atoms with Crippen LogP contribution >= 0.6 is 12.2 Å². The lowest BCUT2D eigenvalue weighted by molar-refractivity contribution is 0.749. The number of aromatic nitrogens is 1. The molecule has 2 rings (SSSR count). The van der Waals surface area contributed by atoms with E-state index in [1.807, 2.05) is 30.3 Å². The second-order valence-corrected chi connectivity index (χ2v) is 4.75. The van der Waals surface area contributed by atoms with Gasteiger partial charge in [0.15, 0.2) is 0 Å². The smallest absolute Gasteiger partial charge is 0.122 e. The fourth-order valence-corrected chi connectivity index (χ4v) is 2.05. The van der Waals surface area contributed by atoms with Crippen LogP contribution < -0.4 is 11.1 Å². The highest BCUT2D eigenvalue weighted by Crippen LogP contribution is 2.21. The summed E-state index contributed by atoms with van der Waals surface area (Å²) < 4.78 is 0. The Kier molecular flexibility index (Phi) is 4.47. The van der Waals surface area contributed by atoms with Gasteiger partial charge in [0.1, 0.15) is 4.99 Å². The van der Waals surface area contributed by atoms with E-state index in [9.17, 15) is 0 Å². The number of nitrogens with one attached hydrogen (secondary N) is 1. The normalized spacial score (nSPS) is 11.8. The van der Waals surface area contributed by atoms with Gasteiger partial charge in [-0.1, -0.05) is 49.5 Å². The summed E-state index contributed by atoms with van der Waals surface area (Å²) >= 11 is 4.89. The molecule has 98 valence electrons. The van der Waals surface area contributed by atoms with Crippen LogP contribution in [-0.2, 0) is 0 Å². The van der Waals surface area contributed by atoms with Gasteiger partial charge in [0.2, 0.25) is 0 Å². The first-order valence-corrected chi connectivity index (χ1v) is 6.69. The Labute approximate surface area is 118 Å². The van der Waals surface area contributed by atoms with E-state index in [0.29, 0.717) is 10.7 Å². The molecule has 1 atom stereocenters. The number of thiocarbonyl (C=S) groups is 1. The molecule has 3 N–H and O–H groups in total. The number of hydrogen-bond acceptors (Lipinski definition) is 3. The molecule has 0 bridgehead atoms. The summed E-state index contributed by atoms with van der Waals surface area (Å²) in [6.07, 6.45) is 2.77. The van der Waals surface area contributed by atoms with Gasteiger partial charge in [0.05, 0.1) is 23.6 Å². The second-order valence-electron chi connectivity index (χ2n) is 4.31. The van der Waals surface area contributed by atoms with Crippen LogP contribution in [0.4, 0.5) is 5.69 Å². The maximum atomic E-state index is 5.53. The molecular weight excluding hydrogens is 254 g/mol. The standard InChI is InChI=1S/C15H17N3S/c1-2-13(11-6-4-3-5-7-11)18-12-8-9-14(15(16)19)17-10-12/h3-10,13,18H,2H2,1H3,(H2,16,19). The van der Waals surface area contributed by atoms with Crippen molar-refractivity contribution in [1.29, 1.82) is 0 Å². The van der Waals surface area contributed by atoms with Crippen molar-refractivity contribution in [2.45, 2.75) is 19.4 Å². The van der Waals surface area contributed by atoms with Crippen molar-refractivity contribution < 1.29 is 0 Å². The van der Waals surface area contributed by atoms with E-state index in [4.69, 9.17) is 18.0 Å². The van der Waals surface area contributed by atoms with E-state index >= 15 is 0 Å². The largest absolute Gasteiger partial charge is 0.388 e. The first-order valence-electron chi connectivity index (χ1n) is 6.28. The number of nitrogens with two attached hydrogens (primary N) is 1. The molecule has 2 aromatic rings. The van der Waals surface area contributed by atoms with Gasteiger partial charge in [-0.3, -0.25) is 4.98 Å². The molecule has 3 nitrogen and oxygen atoms in total. The van der Waals surface area contributed by atoms with Gasteiger partial charge >= 0.3 is 0 Å². The molecule has 0 spiro atoms. The highest BCUT2D eigenvalue weighted by atomic mass is 32.1. The summed E-state index contributed by atoms with van der Waals surface area (Å²) in [7, 11) is 0. The van der Waals surface area contributed by atoms with Gasteiger partial charge in [-0.2, -0.15) is 0 Å². The third-order valence-electron chi connectivity index (χ3n) is 2.97. The Morgan fingerprint density at radius 3 is 2.53 bits per heavy atom. The number of anilines is 1. The molecule has 0 fully saturated rings. The summed E-state index contributed by atoms with van der Waals surface area (Å²) in [6.45, 7) is 2.15. The molecule has 1 aromatic carbocycles. The zero-order valence-corrected chi connectivity index (χ0v) is 11.7. The summed E-state index contributed by atoms with van der Waals surface area (Å²) in [5, 5.41) is 3.46. The Bertz CT molecular complexity index is 537. The topological polar surface area (TPSA) is 50.9 Å². The average molecular weight is 271 g/mol. The Balaban J connectivity index is 2.12. The number of nitrogens with zero attached hydrogens (tertiary/aromatic N) is 1. The molecule has 19 heavy (non-hydrogen) atoms. The third-order valence-corrected chi connectivity index (χ3v) is 3.18. The number of benzene rings is 1. The molecule has 0 saturated carbocycles. The number of pyridine rings is 1. The van der Waals surface area contributed by atoms with Crippen LogP contribution in [0, 0.1) is 0 Å². The average Bonchev–Trinajstić information content (AvgIpc) is 2.46. The van der Waals surface area contributed by atoms with E-state index in [2.05, 4.69) is 29.4 Å². The van der Waals surface area contributed by atoms with Gasteiger partial charge in [-0.05, 0) is 24.1 Å². The molecule has 1 heterocycles. The van der Waals surface area contributed by atoms with Crippen molar-refractivity contribution in [3.8, 4) is 0 Å². The van der Waals surface area contributed by atoms with E-state index in [-0.39, 0.29) is 6.04 Å². The molecule has 0 aliphatic carbocycles. The second kappa shape index (κ2) is 6.29. The monoisotopic (exact) mass is 271 g/mol. The van der Waals surface area contributed by atoms with E-state index in [1.54, 1.807) is 6.20 Å². The van der Waals surface area contributed by atoms with E-state index in [1.165, 1.54) is 5.56 Å². The van der Waals surface area contributed by atoms with Crippen LogP contribution in [0.5, 0.6) is 0 Å². The lowest BCUT2D eigenvalue weighted by atomic mass is 10.0. The molecule has 1 aromatic heterocycles. The minimum absolute atomic E-state index is 0.277. The zero-order valence-electron chi connectivity index (χ0n) is 10.8. The summed E-state index contributed by atoms with van der Waals surface area (Å²) in [4.78, 5) is 4.55. The van der Waals surface area contributed by atoms with Crippen molar-refractivity contribution in [3.05, 3.63) is 59.9 Å². The van der Waals surface area contributed by atoms with Crippen molar-refractivity contribution in [1.82, 2.24) is 4.98 Å². The highest BCUT2D eigenvalue weighted by Gasteiger charge is 2.08. The van der Waals surface area contributed by atoms with Crippen LogP contribution in [0.2, 0.25) is 0 Å². The van der Waals surface area contributed by atoms with Crippen molar-refractivity contribution in [2.75, 3.05) is 5.32 Å². The van der Waals surface area contributed by atoms with Gasteiger partial charge in [-0.25, -0.2) is 0 Å². The lowest BCUT2D eigenvalue weighted by Gasteiger charge is -2.18. The molecule has 4 heteroatoms. The SMILES string of the molecule is CCC(Nc1ccc(C(N)=S)nc1)c1ccccc1. The lowest BCUT2D eigenvalue weighted by Crippen LogP contribution is -2.13. The maximum Gasteiger partial charge on any atom is 0.122 e. The fourth-order valence-electron chi connectivity index (χ4n) is 1.93. The van der Waals surface area contributed by atoms with Crippen LogP contribution in [0.15, 0.2) is 48.7 Å². The third kappa shape index (κ3) is 3.51. The van der Waals surface area contributed by atoms with Crippen LogP contribution in [0.3, 0.4) is 0 Å².